The summed E-state index contributed by atoms with van der Waals surface area (Å²) in [7, 11) is 1.89. The lowest BCUT2D eigenvalue weighted by Crippen LogP contribution is -2.14. The minimum atomic E-state index is -0.168. The Morgan fingerprint density at radius 1 is 1.32 bits per heavy atom. The molecule has 0 atom stereocenters. The Labute approximate surface area is 128 Å². The van der Waals surface area contributed by atoms with Crippen molar-refractivity contribution in [2.75, 3.05) is 5.32 Å². The first-order valence-electron chi connectivity index (χ1n) is 7.37. The summed E-state index contributed by atoms with van der Waals surface area (Å²) in [5.41, 5.74) is 3.91. The van der Waals surface area contributed by atoms with Crippen LogP contribution in [0.2, 0.25) is 0 Å². The second-order valence-electron chi connectivity index (χ2n) is 5.46. The van der Waals surface area contributed by atoms with E-state index in [2.05, 4.69) is 22.4 Å². The van der Waals surface area contributed by atoms with Gasteiger partial charge in [0.1, 0.15) is 11.2 Å². The summed E-state index contributed by atoms with van der Waals surface area (Å²) in [6, 6.07) is 0. The zero-order valence-corrected chi connectivity index (χ0v) is 13.3. The fourth-order valence-corrected chi connectivity index (χ4v) is 2.70. The molecule has 0 spiro atoms. The van der Waals surface area contributed by atoms with Gasteiger partial charge in [-0.2, -0.15) is 10.2 Å². The van der Waals surface area contributed by atoms with Crippen LogP contribution in [0.1, 0.15) is 35.1 Å². The summed E-state index contributed by atoms with van der Waals surface area (Å²) < 4.78 is 5.50. The lowest BCUT2D eigenvalue weighted by atomic mass is 10.2. The molecule has 0 radical (unpaired) electrons. The topological polar surface area (TPSA) is 69.2 Å². The molecule has 3 aromatic rings. The maximum absolute atomic E-state index is 12.6. The molecule has 0 aliphatic heterocycles. The van der Waals surface area contributed by atoms with Crippen molar-refractivity contribution >= 4 is 17.2 Å². The van der Waals surface area contributed by atoms with Gasteiger partial charge in [0.25, 0.3) is 5.91 Å². The standard InChI is InChI=1S/C15H20N6O/c1-5-6-20-11(3)13(10(2)18-20)17-14(22)12-9-16-21-8-7-19(4)15(12)21/h7-9H,5-6H2,1-4H3,(H,17,22). The van der Waals surface area contributed by atoms with Crippen LogP contribution >= 0.6 is 0 Å². The maximum Gasteiger partial charge on any atom is 0.261 e. The molecule has 3 rings (SSSR count). The first-order chi connectivity index (χ1) is 10.5. The number of anilines is 1. The molecule has 0 fully saturated rings. The Morgan fingerprint density at radius 2 is 2.09 bits per heavy atom. The number of nitrogens with zero attached hydrogens (tertiary/aromatic N) is 5. The molecule has 22 heavy (non-hydrogen) atoms. The third kappa shape index (κ3) is 2.18. The van der Waals surface area contributed by atoms with Gasteiger partial charge in [0.2, 0.25) is 0 Å². The van der Waals surface area contributed by atoms with Crippen LogP contribution in [0, 0.1) is 13.8 Å². The number of aryl methyl sites for hydroxylation is 3. The zero-order valence-electron chi connectivity index (χ0n) is 13.3. The van der Waals surface area contributed by atoms with Crippen LogP contribution in [0.5, 0.6) is 0 Å². The minimum absolute atomic E-state index is 0.168. The molecule has 3 aromatic heterocycles. The minimum Gasteiger partial charge on any atom is -0.334 e. The predicted molar refractivity (Wildman–Crippen MR) is 84.1 cm³/mol. The number of amides is 1. The highest BCUT2D eigenvalue weighted by atomic mass is 16.1. The van der Waals surface area contributed by atoms with Crippen molar-refractivity contribution in [2.45, 2.75) is 33.7 Å². The van der Waals surface area contributed by atoms with Crippen molar-refractivity contribution in [3.8, 4) is 0 Å². The van der Waals surface area contributed by atoms with Gasteiger partial charge >= 0.3 is 0 Å². The molecule has 0 bridgehead atoms. The fraction of sp³-hybridized carbons (Fsp3) is 0.400. The zero-order chi connectivity index (χ0) is 15.9. The van der Waals surface area contributed by atoms with Crippen molar-refractivity contribution in [1.82, 2.24) is 24.0 Å². The lowest BCUT2D eigenvalue weighted by molar-refractivity contribution is 0.102. The van der Waals surface area contributed by atoms with Gasteiger partial charge in [0, 0.05) is 26.0 Å². The van der Waals surface area contributed by atoms with E-state index in [1.165, 1.54) is 0 Å². The molecule has 7 nitrogen and oxygen atoms in total. The van der Waals surface area contributed by atoms with Gasteiger partial charge in [0.05, 0.1) is 23.3 Å². The van der Waals surface area contributed by atoms with Crippen molar-refractivity contribution in [3.63, 3.8) is 0 Å². The van der Waals surface area contributed by atoms with E-state index < -0.39 is 0 Å². The summed E-state index contributed by atoms with van der Waals surface area (Å²) in [5.74, 6) is -0.168. The summed E-state index contributed by atoms with van der Waals surface area (Å²) in [4.78, 5) is 12.6. The van der Waals surface area contributed by atoms with Gasteiger partial charge in [-0.05, 0) is 20.3 Å². The first kappa shape index (κ1) is 14.4. The third-order valence-corrected chi connectivity index (χ3v) is 3.83. The predicted octanol–water partition coefficient (Wildman–Crippen LogP) is 2.15. The molecule has 0 unspecified atom stereocenters. The fourth-order valence-electron chi connectivity index (χ4n) is 2.70. The third-order valence-electron chi connectivity index (χ3n) is 3.83. The normalized spacial score (nSPS) is 11.3. The Bertz CT molecular complexity index is 838. The first-order valence-corrected chi connectivity index (χ1v) is 7.37. The van der Waals surface area contributed by atoms with Crippen LogP contribution in [0.3, 0.4) is 0 Å². The Morgan fingerprint density at radius 3 is 2.82 bits per heavy atom. The highest BCUT2D eigenvalue weighted by Gasteiger charge is 2.19. The number of aromatic nitrogens is 5. The van der Waals surface area contributed by atoms with Gasteiger partial charge in [-0.15, -0.1) is 0 Å². The van der Waals surface area contributed by atoms with E-state index in [0.717, 1.165) is 35.7 Å². The van der Waals surface area contributed by atoms with Crippen molar-refractivity contribution < 1.29 is 4.79 Å². The number of nitrogens with one attached hydrogen (secondary N) is 1. The molecule has 1 N–H and O–H groups in total. The second-order valence-corrected chi connectivity index (χ2v) is 5.46. The van der Waals surface area contributed by atoms with Crippen LogP contribution in [0.15, 0.2) is 18.6 Å². The van der Waals surface area contributed by atoms with Gasteiger partial charge in [-0.25, -0.2) is 4.52 Å². The number of rotatable bonds is 4. The molecule has 0 saturated carbocycles. The molecular formula is C15H20N6O. The van der Waals surface area contributed by atoms with E-state index in [0.29, 0.717) is 5.56 Å². The molecule has 116 valence electrons. The smallest absolute Gasteiger partial charge is 0.261 e. The summed E-state index contributed by atoms with van der Waals surface area (Å²) in [6.07, 6.45) is 6.28. The van der Waals surface area contributed by atoms with Crippen LogP contribution in [-0.4, -0.2) is 29.9 Å². The van der Waals surface area contributed by atoms with Crippen LogP contribution < -0.4 is 5.32 Å². The molecular weight excluding hydrogens is 280 g/mol. The van der Waals surface area contributed by atoms with E-state index >= 15 is 0 Å². The number of hydrogen-bond donors (Lipinski definition) is 1. The van der Waals surface area contributed by atoms with Crippen LogP contribution in [-0.2, 0) is 13.6 Å². The summed E-state index contributed by atoms with van der Waals surface area (Å²) >= 11 is 0. The van der Waals surface area contributed by atoms with Crippen molar-refractivity contribution in [3.05, 3.63) is 35.5 Å². The second kappa shape index (κ2) is 5.32. The van der Waals surface area contributed by atoms with Gasteiger partial charge < -0.3 is 9.88 Å². The monoisotopic (exact) mass is 300 g/mol. The number of carbonyl (C=O) groups excluding carboxylic acids is 1. The number of imidazole rings is 1. The quantitative estimate of drug-likeness (QED) is 0.802. The molecule has 3 heterocycles. The largest absolute Gasteiger partial charge is 0.334 e. The average molecular weight is 300 g/mol. The molecule has 0 aromatic carbocycles. The molecule has 0 aliphatic carbocycles. The van der Waals surface area contributed by atoms with Gasteiger partial charge in [-0.1, -0.05) is 6.92 Å². The number of fused-ring (bicyclic) bond motifs is 1. The SMILES string of the molecule is CCCn1nc(C)c(NC(=O)c2cnn3ccn(C)c23)c1C. The van der Waals surface area contributed by atoms with Crippen LogP contribution in [0.25, 0.3) is 5.65 Å². The number of hydrogen-bond acceptors (Lipinski definition) is 3. The lowest BCUT2D eigenvalue weighted by Gasteiger charge is -2.06. The number of carbonyl (C=O) groups is 1. The van der Waals surface area contributed by atoms with E-state index in [1.54, 1.807) is 10.7 Å². The summed E-state index contributed by atoms with van der Waals surface area (Å²) in [6.45, 7) is 6.83. The van der Waals surface area contributed by atoms with E-state index in [4.69, 9.17) is 0 Å². The van der Waals surface area contributed by atoms with E-state index in [9.17, 15) is 4.79 Å². The van der Waals surface area contributed by atoms with Gasteiger partial charge in [0.15, 0.2) is 0 Å². The van der Waals surface area contributed by atoms with Gasteiger partial charge in [-0.3, -0.25) is 9.48 Å². The highest BCUT2D eigenvalue weighted by Crippen LogP contribution is 2.21. The summed E-state index contributed by atoms with van der Waals surface area (Å²) in [5, 5.41) is 11.7. The van der Waals surface area contributed by atoms with E-state index in [-0.39, 0.29) is 5.91 Å². The Balaban J connectivity index is 1.93. The van der Waals surface area contributed by atoms with Crippen LogP contribution in [0.4, 0.5) is 5.69 Å². The average Bonchev–Trinajstić information content (AvgIpc) is 3.12. The van der Waals surface area contributed by atoms with Crippen molar-refractivity contribution in [1.29, 1.82) is 0 Å². The molecule has 0 saturated heterocycles. The molecule has 1 amide bonds. The molecule has 0 aliphatic rings. The molecule has 7 heteroatoms. The van der Waals surface area contributed by atoms with Crippen molar-refractivity contribution in [2.24, 2.45) is 7.05 Å². The van der Waals surface area contributed by atoms with E-state index in [1.807, 2.05) is 42.5 Å². The highest BCUT2D eigenvalue weighted by molar-refractivity contribution is 6.08. The Kier molecular flexibility index (Phi) is 3.48. The Hall–Kier alpha value is -2.57. The maximum atomic E-state index is 12.6.